The third-order valence-corrected chi connectivity index (χ3v) is 5.20. The molecule has 0 aromatic carbocycles. The van der Waals surface area contributed by atoms with Crippen molar-refractivity contribution in [3.63, 3.8) is 0 Å². The maximum absolute atomic E-state index is 6.26. The van der Waals surface area contributed by atoms with E-state index < -0.39 is 0 Å². The molecule has 3 heterocycles. The molecule has 6 heteroatoms. The Morgan fingerprint density at radius 3 is 2.42 bits per heavy atom. The maximum atomic E-state index is 6.26. The summed E-state index contributed by atoms with van der Waals surface area (Å²) in [6.45, 7) is 8.19. The fraction of sp³-hybridized carbons (Fsp3) is 0.462. The van der Waals surface area contributed by atoms with Crippen LogP contribution in [-0.2, 0) is 9.31 Å². The van der Waals surface area contributed by atoms with Gasteiger partial charge in [0.2, 0.25) is 0 Å². The van der Waals surface area contributed by atoms with Crippen molar-refractivity contribution in [2.75, 3.05) is 0 Å². The Kier molecular flexibility index (Phi) is 2.95. The molecule has 2 aromatic rings. The van der Waals surface area contributed by atoms with Crippen LogP contribution in [0.1, 0.15) is 27.7 Å². The van der Waals surface area contributed by atoms with E-state index in [1.807, 2.05) is 39.3 Å². The first kappa shape index (κ1) is 13.4. The summed E-state index contributed by atoms with van der Waals surface area (Å²) < 4.78 is 13.2. The van der Waals surface area contributed by atoms with E-state index >= 15 is 0 Å². The summed E-state index contributed by atoms with van der Waals surface area (Å²) >= 11 is 7.87. The lowest BCUT2D eigenvalue weighted by molar-refractivity contribution is 0.00578. The minimum absolute atomic E-state index is 0.342. The number of rotatable bonds is 1. The van der Waals surface area contributed by atoms with Crippen molar-refractivity contribution in [1.82, 2.24) is 4.98 Å². The molecule has 0 atom stereocenters. The van der Waals surface area contributed by atoms with Crippen LogP contribution in [0.2, 0.25) is 5.02 Å². The number of pyridine rings is 1. The lowest BCUT2D eigenvalue weighted by Crippen LogP contribution is -2.41. The number of aromatic nitrogens is 1. The van der Waals surface area contributed by atoms with Crippen LogP contribution < -0.4 is 5.46 Å². The smallest absolute Gasteiger partial charge is 0.399 e. The van der Waals surface area contributed by atoms with Crippen molar-refractivity contribution >= 4 is 45.6 Å². The van der Waals surface area contributed by atoms with Gasteiger partial charge < -0.3 is 9.31 Å². The summed E-state index contributed by atoms with van der Waals surface area (Å²) in [6.07, 6.45) is 3.48. The number of nitrogens with zero attached hydrogens (tertiary/aromatic N) is 1. The van der Waals surface area contributed by atoms with Gasteiger partial charge in [0.25, 0.3) is 0 Å². The zero-order valence-electron chi connectivity index (χ0n) is 11.4. The normalized spacial score (nSPS) is 21.2. The Labute approximate surface area is 122 Å². The molecule has 2 aromatic heterocycles. The van der Waals surface area contributed by atoms with Crippen molar-refractivity contribution < 1.29 is 9.31 Å². The Bertz CT molecular complexity index is 625. The molecule has 3 nitrogen and oxygen atoms in total. The first-order chi connectivity index (χ1) is 8.82. The van der Waals surface area contributed by atoms with Gasteiger partial charge in [-0.1, -0.05) is 11.6 Å². The summed E-state index contributed by atoms with van der Waals surface area (Å²) in [5.41, 5.74) is 0.308. The van der Waals surface area contributed by atoms with Gasteiger partial charge in [-0.25, -0.2) is 0 Å². The first-order valence-electron chi connectivity index (χ1n) is 6.18. The third kappa shape index (κ3) is 2.00. The van der Waals surface area contributed by atoms with Gasteiger partial charge in [-0.3, -0.25) is 4.98 Å². The molecular weight excluding hydrogens is 280 g/mol. The van der Waals surface area contributed by atoms with E-state index in [1.54, 1.807) is 17.5 Å². The van der Waals surface area contributed by atoms with Crippen molar-refractivity contribution in [1.29, 1.82) is 0 Å². The summed E-state index contributed by atoms with van der Waals surface area (Å²) in [4.78, 5) is 4.11. The standard InChI is InChI=1S/C13H15BClNO2S/c1-12(2)13(3,4)18-14(17-12)8-7-19-10-6-16-5-9(15)11(8)10/h5-7H,1-4H3. The van der Waals surface area contributed by atoms with Crippen molar-refractivity contribution in [2.45, 2.75) is 38.9 Å². The number of fused-ring (bicyclic) bond motifs is 1. The highest BCUT2D eigenvalue weighted by Gasteiger charge is 2.52. The molecule has 0 bridgehead atoms. The van der Waals surface area contributed by atoms with E-state index in [4.69, 9.17) is 20.9 Å². The van der Waals surface area contributed by atoms with Gasteiger partial charge in [0.15, 0.2) is 0 Å². The van der Waals surface area contributed by atoms with Crippen LogP contribution in [0.5, 0.6) is 0 Å². The molecule has 0 saturated carbocycles. The lowest BCUT2D eigenvalue weighted by atomic mass is 9.79. The molecule has 1 fully saturated rings. The highest BCUT2D eigenvalue weighted by Crippen LogP contribution is 2.38. The summed E-state index contributed by atoms with van der Waals surface area (Å²) in [5.74, 6) is 0. The molecule has 0 unspecified atom stereocenters. The number of thiophene rings is 1. The predicted octanol–water partition coefficient (Wildman–Crippen LogP) is 3.25. The molecule has 0 aliphatic carbocycles. The van der Waals surface area contributed by atoms with E-state index in [1.165, 1.54) is 0 Å². The van der Waals surface area contributed by atoms with Crippen molar-refractivity contribution in [2.24, 2.45) is 0 Å². The molecular formula is C13H15BClNO2S. The van der Waals surface area contributed by atoms with Crippen molar-refractivity contribution in [3.8, 4) is 0 Å². The average molecular weight is 296 g/mol. The highest BCUT2D eigenvalue weighted by atomic mass is 35.5. The van der Waals surface area contributed by atoms with E-state index in [-0.39, 0.29) is 18.3 Å². The third-order valence-electron chi connectivity index (χ3n) is 3.97. The average Bonchev–Trinajstić information content (AvgIpc) is 2.80. The van der Waals surface area contributed by atoms with Crippen LogP contribution in [0, 0.1) is 0 Å². The summed E-state index contributed by atoms with van der Waals surface area (Å²) in [5, 5.41) is 3.67. The van der Waals surface area contributed by atoms with Crippen LogP contribution in [-0.4, -0.2) is 23.3 Å². The molecule has 100 valence electrons. The Morgan fingerprint density at radius 2 is 1.79 bits per heavy atom. The second-order valence-corrected chi connectivity index (χ2v) is 7.09. The van der Waals surface area contributed by atoms with E-state index in [0.717, 1.165) is 15.5 Å². The largest absolute Gasteiger partial charge is 0.496 e. The zero-order chi connectivity index (χ0) is 13.8. The lowest BCUT2D eigenvalue weighted by Gasteiger charge is -2.32. The molecule has 0 N–H and O–H groups in total. The molecule has 3 rings (SSSR count). The predicted molar refractivity (Wildman–Crippen MR) is 80.3 cm³/mol. The Balaban J connectivity index is 2.08. The van der Waals surface area contributed by atoms with Gasteiger partial charge in [0.05, 0.1) is 20.9 Å². The molecule has 19 heavy (non-hydrogen) atoms. The Hall–Kier alpha value is -0.615. The molecule has 1 saturated heterocycles. The highest BCUT2D eigenvalue weighted by molar-refractivity contribution is 7.18. The van der Waals surface area contributed by atoms with Gasteiger partial charge >= 0.3 is 7.12 Å². The second kappa shape index (κ2) is 4.19. The zero-order valence-corrected chi connectivity index (χ0v) is 12.9. The van der Waals surface area contributed by atoms with Crippen LogP contribution in [0.25, 0.3) is 10.1 Å². The second-order valence-electron chi connectivity index (χ2n) is 5.77. The van der Waals surface area contributed by atoms with Crippen LogP contribution >= 0.6 is 22.9 Å². The maximum Gasteiger partial charge on any atom is 0.496 e. The van der Waals surface area contributed by atoms with Crippen LogP contribution in [0.15, 0.2) is 17.8 Å². The minimum Gasteiger partial charge on any atom is -0.399 e. The monoisotopic (exact) mass is 295 g/mol. The topological polar surface area (TPSA) is 31.4 Å². The Morgan fingerprint density at radius 1 is 1.16 bits per heavy atom. The molecule has 1 aliphatic rings. The van der Waals surface area contributed by atoms with Gasteiger partial charge in [-0.2, -0.15) is 0 Å². The summed E-state index contributed by atoms with van der Waals surface area (Å²) in [6, 6.07) is 0. The van der Waals surface area contributed by atoms with Crippen LogP contribution in [0.4, 0.5) is 0 Å². The van der Waals surface area contributed by atoms with E-state index in [9.17, 15) is 0 Å². The van der Waals surface area contributed by atoms with E-state index in [0.29, 0.717) is 5.02 Å². The fourth-order valence-corrected chi connectivity index (χ4v) is 3.39. The van der Waals surface area contributed by atoms with E-state index in [2.05, 4.69) is 4.98 Å². The molecule has 0 amide bonds. The van der Waals surface area contributed by atoms with Crippen LogP contribution in [0.3, 0.4) is 0 Å². The van der Waals surface area contributed by atoms with Gasteiger partial charge in [0.1, 0.15) is 0 Å². The number of hydrogen-bond acceptors (Lipinski definition) is 4. The molecule has 0 spiro atoms. The molecule has 0 radical (unpaired) electrons. The SMILES string of the molecule is CC1(C)OB(c2csc3cncc(Cl)c23)OC1(C)C. The van der Waals surface area contributed by atoms with Gasteiger partial charge in [-0.05, 0) is 33.1 Å². The summed E-state index contributed by atoms with van der Waals surface area (Å²) in [7, 11) is -0.376. The fourth-order valence-electron chi connectivity index (χ4n) is 2.12. The number of hydrogen-bond donors (Lipinski definition) is 0. The minimum atomic E-state index is -0.376. The van der Waals surface area contributed by atoms with Crippen molar-refractivity contribution in [3.05, 3.63) is 22.8 Å². The van der Waals surface area contributed by atoms with Gasteiger partial charge in [0, 0.05) is 23.2 Å². The van der Waals surface area contributed by atoms with Gasteiger partial charge in [-0.15, -0.1) is 11.3 Å². The quantitative estimate of drug-likeness (QED) is 0.757. The molecule has 1 aliphatic heterocycles. The number of halogens is 1. The first-order valence-corrected chi connectivity index (χ1v) is 7.44.